The van der Waals surface area contributed by atoms with Crippen molar-refractivity contribution >= 4 is 40.7 Å². The largest absolute Gasteiger partial charge is 0.435 e. The molecule has 1 saturated carbocycles. The van der Waals surface area contributed by atoms with Gasteiger partial charge in [0.25, 0.3) is 5.60 Å². The van der Waals surface area contributed by atoms with Crippen molar-refractivity contribution in [2.75, 3.05) is 6.54 Å². The van der Waals surface area contributed by atoms with Crippen LogP contribution in [-0.2, 0) is 26.2 Å². The molecule has 2 aliphatic heterocycles. The lowest BCUT2D eigenvalue weighted by atomic mass is 9.81. The molecular formula is C25H18Cl2F6N3O3. The van der Waals surface area contributed by atoms with Crippen LogP contribution < -0.4 is 5.73 Å². The molecular weight excluding hydrogens is 575 g/mol. The molecule has 2 N–H and O–H groups in total. The molecule has 5 rings (SSSR count). The molecule has 1 saturated heterocycles. The van der Waals surface area contributed by atoms with Gasteiger partial charge in [-0.15, -0.1) is 0 Å². The van der Waals surface area contributed by atoms with E-state index in [-0.39, 0.29) is 35.7 Å². The number of rotatable bonds is 5. The number of benzene rings is 2. The van der Waals surface area contributed by atoms with Crippen LogP contribution in [0.5, 0.6) is 0 Å². The number of likely N-dealkylation sites (tertiary alicyclic amines) is 1. The average Bonchev–Trinajstić information content (AvgIpc) is 3.56. The number of alkyl halides is 6. The molecule has 2 atom stereocenters. The van der Waals surface area contributed by atoms with E-state index in [2.05, 4.69) is 5.16 Å². The molecule has 2 amide bonds. The maximum Gasteiger partial charge on any atom is 0.435 e. The second-order valence-electron chi connectivity index (χ2n) is 9.60. The Morgan fingerprint density at radius 2 is 1.64 bits per heavy atom. The molecule has 2 aromatic carbocycles. The molecule has 0 bridgehead atoms. The Hall–Kier alpha value is -2.99. The summed E-state index contributed by atoms with van der Waals surface area (Å²) in [6.07, 6.45) is -9.66. The molecule has 39 heavy (non-hydrogen) atoms. The number of hydrogen-bond acceptors (Lipinski definition) is 4. The summed E-state index contributed by atoms with van der Waals surface area (Å²) in [5, 5.41) is 1.91. The van der Waals surface area contributed by atoms with E-state index in [4.69, 9.17) is 33.8 Å². The Labute approximate surface area is 227 Å². The minimum Gasteiger partial charge on any atom is -0.374 e. The molecule has 2 heterocycles. The van der Waals surface area contributed by atoms with Crippen molar-refractivity contribution in [1.82, 2.24) is 4.90 Å². The van der Waals surface area contributed by atoms with Gasteiger partial charge in [-0.25, -0.2) is 0 Å². The molecule has 2 aromatic rings. The van der Waals surface area contributed by atoms with Gasteiger partial charge in [0.1, 0.15) is 6.04 Å². The van der Waals surface area contributed by atoms with Crippen LogP contribution in [0.4, 0.5) is 26.3 Å². The summed E-state index contributed by atoms with van der Waals surface area (Å²) in [5.74, 6) is -0.352. The highest BCUT2D eigenvalue weighted by atomic mass is 35.5. The maximum atomic E-state index is 14.3. The molecule has 6 nitrogen and oxygen atoms in total. The molecule has 0 spiro atoms. The van der Waals surface area contributed by atoms with Crippen LogP contribution >= 0.6 is 23.2 Å². The predicted molar refractivity (Wildman–Crippen MR) is 128 cm³/mol. The Balaban J connectivity index is 1.40. The van der Waals surface area contributed by atoms with Crippen LogP contribution in [0, 0.1) is 11.8 Å². The quantitative estimate of drug-likeness (QED) is 0.457. The van der Waals surface area contributed by atoms with Gasteiger partial charge in [0.2, 0.25) is 11.8 Å². The van der Waals surface area contributed by atoms with Gasteiger partial charge < -0.3 is 15.5 Å². The number of carbonyl (C=O) groups excluding carboxylic acids is 2. The Morgan fingerprint density at radius 1 is 1.03 bits per heavy atom. The van der Waals surface area contributed by atoms with Crippen molar-refractivity contribution in [2.24, 2.45) is 16.8 Å². The number of halogens is 8. The number of carbonyl (C=O) groups is 2. The van der Waals surface area contributed by atoms with Gasteiger partial charge in [0, 0.05) is 24.4 Å². The average molecular weight is 593 g/mol. The van der Waals surface area contributed by atoms with Crippen LogP contribution in [0.1, 0.15) is 41.5 Å². The molecule has 2 unspecified atom stereocenters. The second kappa shape index (κ2) is 9.29. The highest BCUT2D eigenvalue weighted by Crippen LogP contribution is 2.51. The number of primary amides is 1. The Morgan fingerprint density at radius 3 is 2.18 bits per heavy atom. The van der Waals surface area contributed by atoms with E-state index >= 15 is 0 Å². The van der Waals surface area contributed by atoms with Crippen LogP contribution in [0.3, 0.4) is 0 Å². The van der Waals surface area contributed by atoms with Crippen molar-refractivity contribution in [2.45, 2.75) is 43.3 Å². The first-order valence-corrected chi connectivity index (χ1v) is 12.3. The number of nitrogens with two attached hydrogens (primary N) is 1. The van der Waals surface area contributed by atoms with Gasteiger partial charge in [0.15, 0.2) is 0 Å². The summed E-state index contributed by atoms with van der Waals surface area (Å²) in [6, 6.07) is 5.99. The monoisotopic (exact) mass is 592 g/mol. The van der Waals surface area contributed by atoms with Gasteiger partial charge in [-0.1, -0.05) is 52.6 Å². The molecule has 2 fully saturated rings. The summed E-state index contributed by atoms with van der Waals surface area (Å²) in [7, 11) is 0. The molecule has 1 radical (unpaired) electrons. The number of hydrogen-bond donors (Lipinski definition) is 1. The maximum absolute atomic E-state index is 14.3. The van der Waals surface area contributed by atoms with Gasteiger partial charge >= 0.3 is 12.4 Å². The van der Waals surface area contributed by atoms with Crippen LogP contribution in [-0.4, -0.2) is 41.2 Å². The fourth-order valence-corrected chi connectivity index (χ4v) is 5.18. The number of amides is 2. The third kappa shape index (κ3) is 4.71. The van der Waals surface area contributed by atoms with E-state index in [0.717, 1.165) is 12.8 Å². The first kappa shape index (κ1) is 27.6. The van der Waals surface area contributed by atoms with Crippen molar-refractivity contribution in [1.29, 1.82) is 0 Å². The lowest BCUT2D eigenvalue weighted by Crippen LogP contribution is -2.63. The predicted octanol–water partition coefficient (Wildman–Crippen LogP) is 5.62. The standard InChI is InChI=1S/C25H18Cl2F6N3O3/c26-17-8-14(7-16(19(17)27)24(28,29)30)23(25(31,32)33)9-18(35-39-23)12-3-1-11(2-4-12)15-10-36(20(15)21(34)37)22(38)13-5-6-13/h1-4,7-8,13,20H,5-6,9-10H2,(H2,34,37). The normalized spacial score (nSPS) is 23.7. The second-order valence-corrected chi connectivity index (χ2v) is 10.4. The van der Waals surface area contributed by atoms with E-state index in [9.17, 15) is 35.9 Å². The van der Waals surface area contributed by atoms with Gasteiger partial charge in [-0.05, 0) is 36.1 Å². The number of oxime groups is 1. The fourth-order valence-electron chi connectivity index (χ4n) is 4.75. The smallest absolute Gasteiger partial charge is 0.374 e. The van der Waals surface area contributed by atoms with E-state index < -0.39 is 57.5 Å². The summed E-state index contributed by atoms with van der Waals surface area (Å²) in [6.45, 7) is 0.197. The van der Waals surface area contributed by atoms with E-state index in [1.165, 1.54) is 29.2 Å². The summed E-state index contributed by atoms with van der Waals surface area (Å²) < 4.78 is 83.3. The van der Waals surface area contributed by atoms with Crippen LogP contribution in [0.25, 0.3) is 0 Å². The van der Waals surface area contributed by atoms with E-state index in [0.29, 0.717) is 17.5 Å². The van der Waals surface area contributed by atoms with Crippen molar-refractivity contribution in [3.8, 4) is 0 Å². The topological polar surface area (TPSA) is 85.0 Å². The highest BCUT2D eigenvalue weighted by Gasteiger charge is 2.63. The first-order chi connectivity index (χ1) is 18.1. The van der Waals surface area contributed by atoms with E-state index in [1.807, 2.05) is 0 Å². The van der Waals surface area contributed by atoms with Crippen molar-refractivity contribution < 1.29 is 40.8 Å². The Kier molecular flexibility index (Phi) is 6.57. The SMILES string of the molecule is NC(=O)C1[C](c2ccc(C3=NOC(c4cc(Cl)c(Cl)c(C(F)(F)F)c4)(C(F)(F)F)C3)cc2)CN1C(=O)C1CC1. The van der Waals surface area contributed by atoms with Gasteiger partial charge in [-0.2, -0.15) is 26.3 Å². The molecule has 1 aliphatic carbocycles. The highest BCUT2D eigenvalue weighted by molar-refractivity contribution is 6.42. The Bertz CT molecular complexity index is 1370. The third-order valence-electron chi connectivity index (χ3n) is 7.04. The summed E-state index contributed by atoms with van der Waals surface area (Å²) >= 11 is 11.4. The fraction of sp³-hybridized carbons (Fsp3) is 0.360. The zero-order valence-electron chi connectivity index (χ0n) is 19.7. The first-order valence-electron chi connectivity index (χ1n) is 11.6. The lowest BCUT2D eigenvalue weighted by Gasteiger charge is -2.46. The van der Waals surface area contributed by atoms with E-state index in [1.54, 1.807) is 0 Å². The van der Waals surface area contributed by atoms with Crippen molar-refractivity contribution in [3.63, 3.8) is 0 Å². The van der Waals surface area contributed by atoms with Crippen molar-refractivity contribution in [3.05, 3.63) is 74.6 Å². The zero-order chi connectivity index (χ0) is 28.5. The summed E-state index contributed by atoms with van der Waals surface area (Å²) in [4.78, 5) is 30.6. The molecule has 14 heteroatoms. The minimum atomic E-state index is -5.17. The third-order valence-corrected chi connectivity index (χ3v) is 7.84. The summed E-state index contributed by atoms with van der Waals surface area (Å²) in [5.41, 5.74) is 0.427. The zero-order valence-corrected chi connectivity index (χ0v) is 21.2. The van der Waals surface area contributed by atoms with Gasteiger partial charge in [0.05, 0.1) is 27.2 Å². The van der Waals surface area contributed by atoms with Gasteiger partial charge in [-0.3, -0.25) is 9.59 Å². The minimum absolute atomic E-state index is 0.104. The lowest BCUT2D eigenvalue weighted by molar-refractivity contribution is -0.276. The van der Waals surface area contributed by atoms with Crippen LogP contribution in [0.15, 0.2) is 41.6 Å². The molecule has 0 aromatic heterocycles. The number of nitrogens with zero attached hydrogens (tertiary/aromatic N) is 2. The van der Waals surface area contributed by atoms with Crippen LogP contribution in [0.2, 0.25) is 10.0 Å². The molecule has 207 valence electrons. The molecule has 3 aliphatic rings.